The molecule has 1 aliphatic heterocycles. The van der Waals surface area contributed by atoms with Crippen molar-refractivity contribution in [3.8, 4) is 6.07 Å². The van der Waals surface area contributed by atoms with E-state index >= 15 is 0 Å². The molecule has 1 aromatic rings. The molecule has 0 spiro atoms. The van der Waals surface area contributed by atoms with E-state index in [1.54, 1.807) is 9.58 Å². The summed E-state index contributed by atoms with van der Waals surface area (Å²) in [7, 11) is 0. The Balaban J connectivity index is 2.09. The van der Waals surface area contributed by atoms with Crippen LogP contribution in [0.3, 0.4) is 0 Å². The molecule has 7 heteroatoms. The first-order chi connectivity index (χ1) is 9.81. The zero-order valence-corrected chi connectivity index (χ0v) is 12.7. The van der Waals surface area contributed by atoms with Crippen molar-refractivity contribution in [3.63, 3.8) is 0 Å². The van der Waals surface area contributed by atoms with Crippen LogP contribution in [0.2, 0.25) is 0 Å². The molecule has 1 fully saturated rings. The zero-order valence-electron chi connectivity index (χ0n) is 12.7. The van der Waals surface area contributed by atoms with Crippen LogP contribution in [0.4, 0.5) is 10.6 Å². The van der Waals surface area contributed by atoms with E-state index in [0.717, 1.165) is 12.8 Å². The summed E-state index contributed by atoms with van der Waals surface area (Å²) in [5, 5.41) is 13.1. The molecule has 1 amide bonds. The molecular formula is C14H21N5O2. The van der Waals surface area contributed by atoms with Crippen LogP contribution in [0.5, 0.6) is 0 Å². The van der Waals surface area contributed by atoms with Gasteiger partial charge in [-0.05, 0) is 33.6 Å². The quantitative estimate of drug-likeness (QED) is 0.852. The number of anilines is 1. The molecule has 0 saturated carbocycles. The van der Waals surface area contributed by atoms with Gasteiger partial charge in [-0.2, -0.15) is 10.4 Å². The molecule has 0 radical (unpaired) electrons. The molecule has 0 aliphatic carbocycles. The first-order valence-electron chi connectivity index (χ1n) is 7.03. The summed E-state index contributed by atoms with van der Waals surface area (Å²) in [5.41, 5.74) is 5.77. The van der Waals surface area contributed by atoms with Gasteiger partial charge >= 0.3 is 6.09 Å². The second kappa shape index (κ2) is 5.64. The minimum atomic E-state index is -0.511. The number of hydrogen-bond acceptors (Lipinski definition) is 5. The van der Waals surface area contributed by atoms with E-state index in [1.807, 2.05) is 26.8 Å². The van der Waals surface area contributed by atoms with Crippen LogP contribution in [0.25, 0.3) is 0 Å². The number of nitriles is 1. The fraction of sp³-hybridized carbons (Fsp3) is 0.643. The number of nitrogens with two attached hydrogens (primary N) is 1. The number of likely N-dealkylation sites (tertiary alicyclic amines) is 1. The lowest BCUT2D eigenvalue weighted by Crippen LogP contribution is -2.43. The van der Waals surface area contributed by atoms with E-state index in [9.17, 15) is 4.79 Å². The van der Waals surface area contributed by atoms with Crippen LogP contribution in [0.1, 0.15) is 45.2 Å². The summed E-state index contributed by atoms with van der Waals surface area (Å²) in [5.74, 6) is 0.355. The molecule has 114 valence electrons. The number of rotatable bonds is 1. The smallest absolute Gasteiger partial charge is 0.410 e. The van der Waals surface area contributed by atoms with Crippen LogP contribution in [0, 0.1) is 11.3 Å². The zero-order chi connectivity index (χ0) is 15.6. The Kier molecular flexibility index (Phi) is 4.07. The van der Waals surface area contributed by atoms with Crippen molar-refractivity contribution in [2.45, 2.75) is 45.3 Å². The minimum absolute atomic E-state index is 0.0200. The van der Waals surface area contributed by atoms with Crippen LogP contribution < -0.4 is 5.73 Å². The van der Waals surface area contributed by atoms with Crippen LogP contribution in [-0.4, -0.2) is 39.5 Å². The summed E-state index contributed by atoms with van der Waals surface area (Å²) >= 11 is 0. The summed E-state index contributed by atoms with van der Waals surface area (Å²) < 4.78 is 7.03. The largest absolute Gasteiger partial charge is 0.444 e. The van der Waals surface area contributed by atoms with Crippen LogP contribution >= 0.6 is 0 Å². The highest BCUT2D eigenvalue weighted by Crippen LogP contribution is 2.26. The van der Waals surface area contributed by atoms with Crippen molar-refractivity contribution >= 4 is 11.9 Å². The summed E-state index contributed by atoms with van der Waals surface area (Å²) in [6.45, 7) is 6.69. The number of carbonyl (C=O) groups excluding carboxylic acids is 1. The molecule has 21 heavy (non-hydrogen) atoms. The highest BCUT2D eigenvalue weighted by molar-refractivity contribution is 5.68. The van der Waals surface area contributed by atoms with Crippen molar-refractivity contribution < 1.29 is 9.53 Å². The van der Waals surface area contributed by atoms with Gasteiger partial charge in [0.1, 0.15) is 23.1 Å². The first kappa shape index (κ1) is 15.2. The standard InChI is InChI=1S/C14H21N5O2/c1-14(2,3)21-13(20)18-6-4-5-11(9-18)19-12(16)10(7-15)8-17-19/h8,11H,4-6,9,16H2,1-3H3. The third-order valence-electron chi connectivity index (χ3n) is 3.35. The molecule has 0 bridgehead atoms. The van der Waals surface area contributed by atoms with Gasteiger partial charge in [-0.25, -0.2) is 9.48 Å². The van der Waals surface area contributed by atoms with Crippen molar-refractivity contribution in [3.05, 3.63) is 11.8 Å². The Morgan fingerprint density at radius 3 is 2.86 bits per heavy atom. The number of amides is 1. The molecule has 1 atom stereocenters. The van der Waals surface area contributed by atoms with Gasteiger partial charge < -0.3 is 15.4 Å². The Bertz CT molecular complexity index is 567. The maximum Gasteiger partial charge on any atom is 0.410 e. The summed E-state index contributed by atoms with van der Waals surface area (Å²) in [6, 6.07) is 1.99. The molecule has 1 saturated heterocycles. The SMILES string of the molecule is CC(C)(C)OC(=O)N1CCCC(n2ncc(C#N)c2N)C1. The lowest BCUT2D eigenvalue weighted by molar-refractivity contribution is 0.0168. The summed E-state index contributed by atoms with van der Waals surface area (Å²) in [6.07, 6.45) is 2.86. The lowest BCUT2D eigenvalue weighted by Gasteiger charge is -2.34. The number of ether oxygens (including phenoxy) is 1. The number of aromatic nitrogens is 2. The van der Waals surface area contributed by atoms with Crippen LogP contribution in [0.15, 0.2) is 6.20 Å². The van der Waals surface area contributed by atoms with Crippen LogP contribution in [-0.2, 0) is 4.74 Å². The number of nitrogens with zero attached hydrogens (tertiary/aromatic N) is 4. The Labute approximate surface area is 124 Å². The maximum atomic E-state index is 12.1. The van der Waals surface area contributed by atoms with Gasteiger partial charge in [0, 0.05) is 13.1 Å². The van der Waals surface area contributed by atoms with Gasteiger partial charge in [-0.15, -0.1) is 0 Å². The highest BCUT2D eigenvalue weighted by Gasteiger charge is 2.29. The van der Waals surface area contributed by atoms with E-state index < -0.39 is 5.60 Å². The predicted molar refractivity (Wildman–Crippen MR) is 77.4 cm³/mol. The molecule has 1 unspecified atom stereocenters. The Hall–Kier alpha value is -2.23. The molecule has 2 N–H and O–H groups in total. The van der Waals surface area contributed by atoms with Gasteiger partial charge in [-0.1, -0.05) is 0 Å². The average molecular weight is 291 g/mol. The van der Waals surface area contributed by atoms with Gasteiger partial charge in [0.05, 0.1) is 12.2 Å². The number of nitrogen functional groups attached to an aromatic ring is 1. The average Bonchev–Trinajstić information content (AvgIpc) is 2.78. The van der Waals surface area contributed by atoms with Gasteiger partial charge in [0.15, 0.2) is 0 Å². The third kappa shape index (κ3) is 3.45. The number of carbonyl (C=O) groups is 1. The number of piperidine rings is 1. The molecule has 1 aromatic heterocycles. The van der Waals surface area contributed by atoms with Crippen molar-refractivity contribution in [1.29, 1.82) is 5.26 Å². The summed E-state index contributed by atoms with van der Waals surface area (Å²) in [4.78, 5) is 13.8. The van der Waals surface area contributed by atoms with Crippen molar-refractivity contribution in [2.24, 2.45) is 0 Å². The van der Waals surface area contributed by atoms with E-state index in [-0.39, 0.29) is 12.1 Å². The Morgan fingerprint density at radius 1 is 1.57 bits per heavy atom. The minimum Gasteiger partial charge on any atom is -0.444 e. The van der Waals surface area contributed by atoms with E-state index in [0.29, 0.717) is 24.5 Å². The molecule has 2 heterocycles. The first-order valence-corrected chi connectivity index (χ1v) is 7.03. The van der Waals surface area contributed by atoms with Crippen molar-refractivity contribution in [2.75, 3.05) is 18.8 Å². The fourth-order valence-corrected chi connectivity index (χ4v) is 2.40. The lowest BCUT2D eigenvalue weighted by atomic mass is 10.1. The van der Waals surface area contributed by atoms with E-state index in [4.69, 9.17) is 15.7 Å². The predicted octanol–water partition coefficient (Wildman–Crippen LogP) is 1.91. The van der Waals surface area contributed by atoms with E-state index in [2.05, 4.69) is 5.10 Å². The van der Waals surface area contributed by atoms with Crippen molar-refractivity contribution in [1.82, 2.24) is 14.7 Å². The molecule has 7 nitrogen and oxygen atoms in total. The molecular weight excluding hydrogens is 270 g/mol. The topological polar surface area (TPSA) is 97.2 Å². The van der Waals surface area contributed by atoms with Gasteiger partial charge in [-0.3, -0.25) is 0 Å². The number of hydrogen-bond donors (Lipinski definition) is 1. The highest BCUT2D eigenvalue weighted by atomic mass is 16.6. The second-order valence-corrected chi connectivity index (χ2v) is 6.22. The molecule has 0 aromatic carbocycles. The Morgan fingerprint density at radius 2 is 2.29 bits per heavy atom. The molecule has 2 rings (SSSR count). The normalized spacial score (nSPS) is 19.1. The van der Waals surface area contributed by atoms with Gasteiger partial charge in [0.25, 0.3) is 0 Å². The monoisotopic (exact) mass is 291 g/mol. The third-order valence-corrected chi connectivity index (χ3v) is 3.35. The van der Waals surface area contributed by atoms with Gasteiger partial charge in [0.2, 0.25) is 0 Å². The van der Waals surface area contributed by atoms with E-state index in [1.165, 1.54) is 6.20 Å². The maximum absolute atomic E-state index is 12.1. The molecule has 1 aliphatic rings. The fourth-order valence-electron chi connectivity index (χ4n) is 2.40. The second-order valence-electron chi connectivity index (χ2n) is 6.22.